The van der Waals surface area contributed by atoms with Gasteiger partial charge in [-0.2, -0.15) is 0 Å². The van der Waals surface area contributed by atoms with E-state index in [4.69, 9.17) is 11.6 Å². The number of aromatic nitrogens is 1. The monoisotopic (exact) mass is 383 g/mol. The summed E-state index contributed by atoms with van der Waals surface area (Å²) in [6, 6.07) is 12.6. The van der Waals surface area contributed by atoms with Crippen molar-refractivity contribution in [2.24, 2.45) is 0 Å². The van der Waals surface area contributed by atoms with Crippen LogP contribution in [0.25, 0.3) is 10.9 Å². The topological polar surface area (TPSA) is 65.2 Å². The van der Waals surface area contributed by atoms with Crippen molar-refractivity contribution in [1.82, 2.24) is 15.2 Å². The molecule has 1 aromatic heterocycles. The average Bonchev–Trinajstić information content (AvgIpc) is 3.13. The Morgan fingerprint density at radius 2 is 1.93 bits per heavy atom. The molecule has 3 aromatic rings. The van der Waals surface area contributed by atoms with Crippen molar-refractivity contribution in [3.63, 3.8) is 0 Å². The summed E-state index contributed by atoms with van der Waals surface area (Å²) in [5.74, 6) is -0.201. The van der Waals surface area contributed by atoms with E-state index in [0.717, 1.165) is 27.6 Å². The Kier molecular flexibility index (Phi) is 5.24. The molecule has 0 radical (unpaired) electrons. The van der Waals surface area contributed by atoms with Gasteiger partial charge < -0.3 is 10.3 Å². The molecule has 2 N–H and O–H groups in total. The number of nitrogens with zero attached hydrogens (tertiary/aromatic N) is 1. The van der Waals surface area contributed by atoms with Crippen molar-refractivity contribution in [1.29, 1.82) is 0 Å². The van der Waals surface area contributed by atoms with Crippen LogP contribution in [0.2, 0.25) is 5.02 Å². The number of rotatable bonds is 4. The van der Waals surface area contributed by atoms with E-state index < -0.39 is 6.04 Å². The average molecular weight is 384 g/mol. The highest BCUT2D eigenvalue weighted by Gasteiger charge is 2.38. The second-order valence-electron chi connectivity index (χ2n) is 6.60. The number of amides is 3. The lowest BCUT2D eigenvalue weighted by Crippen LogP contribution is -2.32. The maximum absolute atomic E-state index is 12.7. The Morgan fingerprint density at radius 3 is 2.70 bits per heavy atom. The number of fused-ring (bicyclic) bond motifs is 1. The molecule has 6 heteroatoms. The van der Waals surface area contributed by atoms with Crippen LogP contribution in [-0.4, -0.2) is 27.9 Å². The third-order valence-electron chi connectivity index (χ3n) is 4.70. The molecule has 1 saturated heterocycles. The van der Waals surface area contributed by atoms with Gasteiger partial charge in [-0.3, -0.25) is 9.69 Å². The number of carbonyl (C=O) groups is 2. The lowest BCUT2D eigenvalue weighted by atomic mass is 10.0. The molecule has 140 valence electrons. The SMILES string of the molecule is C.Cc1cccc(CN2C(=O)N[C@H](Cc3c[nH]c4c(Cl)cccc34)C2=O)c1. The van der Waals surface area contributed by atoms with E-state index in [0.29, 0.717) is 11.4 Å². The molecule has 0 saturated carbocycles. The van der Waals surface area contributed by atoms with Crippen LogP contribution in [0.1, 0.15) is 24.1 Å². The molecule has 2 heterocycles. The van der Waals surface area contributed by atoms with Crippen molar-refractivity contribution in [3.05, 3.63) is 70.4 Å². The highest BCUT2D eigenvalue weighted by molar-refractivity contribution is 6.35. The first kappa shape index (κ1) is 19.0. The standard InChI is InChI=1S/C20H18ClN3O2.CH4/c1-12-4-2-5-13(8-12)11-24-19(25)17(23-20(24)26)9-14-10-22-18-15(14)6-3-7-16(18)21;/h2-8,10,17,22H,9,11H2,1H3,(H,23,26);1H4/t17-;/m1./s1. The number of carbonyl (C=O) groups excluding carboxylic acids is 2. The molecule has 27 heavy (non-hydrogen) atoms. The van der Waals surface area contributed by atoms with Crippen LogP contribution in [-0.2, 0) is 17.8 Å². The number of aromatic amines is 1. The van der Waals surface area contributed by atoms with Crippen molar-refractivity contribution in [2.75, 3.05) is 0 Å². The molecule has 0 unspecified atom stereocenters. The smallest absolute Gasteiger partial charge is 0.325 e. The van der Waals surface area contributed by atoms with Gasteiger partial charge in [0.05, 0.1) is 17.1 Å². The quantitative estimate of drug-likeness (QED) is 0.654. The Hall–Kier alpha value is -2.79. The number of H-pyrrole nitrogens is 1. The number of hydrogen-bond acceptors (Lipinski definition) is 2. The van der Waals surface area contributed by atoms with E-state index in [2.05, 4.69) is 10.3 Å². The molecule has 1 aliphatic rings. The van der Waals surface area contributed by atoms with E-state index in [1.807, 2.05) is 55.6 Å². The summed E-state index contributed by atoms with van der Waals surface area (Å²) < 4.78 is 0. The number of benzene rings is 2. The van der Waals surface area contributed by atoms with Gasteiger partial charge in [-0.1, -0.05) is 61.0 Å². The summed E-state index contributed by atoms with van der Waals surface area (Å²) in [6.45, 7) is 2.27. The first-order valence-electron chi connectivity index (χ1n) is 8.45. The number of hydrogen-bond donors (Lipinski definition) is 2. The minimum atomic E-state index is -0.565. The summed E-state index contributed by atoms with van der Waals surface area (Å²) in [5, 5.41) is 4.40. The highest BCUT2D eigenvalue weighted by Crippen LogP contribution is 2.27. The third-order valence-corrected chi connectivity index (χ3v) is 5.02. The fourth-order valence-electron chi connectivity index (χ4n) is 3.42. The predicted octanol–water partition coefficient (Wildman–Crippen LogP) is 4.43. The summed E-state index contributed by atoms with van der Waals surface area (Å²) in [5.41, 5.74) is 3.84. The normalized spacial score (nSPS) is 16.5. The molecule has 4 rings (SSSR count). The summed E-state index contributed by atoms with van der Waals surface area (Å²) in [4.78, 5) is 29.5. The number of nitrogens with one attached hydrogen (secondary N) is 2. The lowest BCUT2D eigenvalue weighted by molar-refractivity contribution is -0.127. The third kappa shape index (κ3) is 3.55. The first-order chi connectivity index (χ1) is 12.5. The fraction of sp³-hybridized carbons (Fsp3) is 0.238. The van der Waals surface area contributed by atoms with Gasteiger partial charge in [0.15, 0.2) is 0 Å². The van der Waals surface area contributed by atoms with Gasteiger partial charge in [0.2, 0.25) is 0 Å². The molecule has 2 aromatic carbocycles. The predicted molar refractivity (Wildman–Crippen MR) is 108 cm³/mol. The Labute approximate surface area is 163 Å². The zero-order valence-corrected chi connectivity index (χ0v) is 15.0. The Morgan fingerprint density at radius 1 is 1.15 bits per heavy atom. The van der Waals surface area contributed by atoms with Gasteiger partial charge >= 0.3 is 6.03 Å². The van der Waals surface area contributed by atoms with E-state index in [9.17, 15) is 9.59 Å². The molecule has 1 fully saturated rings. The molecule has 1 atom stereocenters. The fourth-order valence-corrected chi connectivity index (χ4v) is 3.65. The molecule has 0 aliphatic carbocycles. The summed E-state index contributed by atoms with van der Waals surface area (Å²) >= 11 is 6.19. The molecular formula is C21H22ClN3O2. The lowest BCUT2D eigenvalue weighted by Gasteiger charge is -2.13. The van der Waals surface area contributed by atoms with Crippen LogP contribution in [0.4, 0.5) is 4.79 Å². The Balaban J connectivity index is 0.00000210. The van der Waals surface area contributed by atoms with Crippen LogP contribution in [0, 0.1) is 6.92 Å². The molecule has 3 amide bonds. The number of para-hydroxylation sites is 1. The summed E-state index contributed by atoms with van der Waals surface area (Å²) in [6.07, 6.45) is 2.27. The van der Waals surface area contributed by atoms with Crippen molar-refractivity contribution >= 4 is 34.4 Å². The van der Waals surface area contributed by atoms with Crippen LogP contribution in [0.3, 0.4) is 0 Å². The maximum atomic E-state index is 12.7. The minimum Gasteiger partial charge on any atom is -0.360 e. The first-order valence-corrected chi connectivity index (χ1v) is 8.82. The largest absolute Gasteiger partial charge is 0.360 e. The van der Waals surface area contributed by atoms with Gasteiger partial charge in [0.25, 0.3) is 5.91 Å². The van der Waals surface area contributed by atoms with Crippen LogP contribution in [0.15, 0.2) is 48.7 Å². The minimum absolute atomic E-state index is 0. The van der Waals surface area contributed by atoms with Gasteiger partial charge in [-0.15, -0.1) is 0 Å². The molecule has 5 nitrogen and oxygen atoms in total. The van der Waals surface area contributed by atoms with Gasteiger partial charge in [0, 0.05) is 18.0 Å². The number of halogens is 1. The van der Waals surface area contributed by atoms with Crippen LogP contribution >= 0.6 is 11.6 Å². The van der Waals surface area contributed by atoms with E-state index in [-0.39, 0.29) is 25.9 Å². The number of urea groups is 1. The molecular weight excluding hydrogens is 362 g/mol. The zero-order valence-electron chi connectivity index (χ0n) is 14.3. The molecule has 0 spiro atoms. The second-order valence-corrected chi connectivity index (χ2v) is 7.00. The molecule has 0 bridgehead atoms. The van der Waals surface area contributed by atoms with E-state index in [1.165, 1.54) is 4.90 Å². The van der Waals surface area contributed by atoms with Gasteiger partial charge in [-0.05, 0) is 24.1 Å². The zero-order chi connectivity index (χ0) is 18.3. The number of imide groups is 1. The van der Waals surface area contributed by atoms with Gasteiger partial charge in [-0.25, -0.2) is 4.79 Å². The van der Waals surface area contributed by atoms with Crippen molar-refractivity contribution < 1.29 is 9.59 Å². The second kappa shape index (κ2) is 7.45. The van der Waals surface area contributed by atoms with Crippen LogP contribution < -0.4 is 5.32 Å². The van der Waals surface area contributed by atoms with Crippen molar-refractivity contribution in [2.45, 2.75) is 33.4 Å². The summed E-state index contributed by atoms with van der Waals surface area (Å²) in [7, 11) is 0. The van der Waals surface area contributed by atoms with Crippen LogP contribution in [0.5, 0.6) is 0 Å². The van der Waals surface area contributed by atoms with Gasteiger partial charge in [0.1, 0.15) is 6.04 Å². The highest BCUT2D eigenvalue weighted by atomic mass is 35.5. The van der Waals surface area contributed by atoms with E-state index in [1.54, 1.807) is 0 Å². The maximum Gasteiger partial charge on any atom is 0.325 e. The number of aryl methyl sites for hydroxylation is 1. The molecule has 1 aliphatic heterocycles. The Bertz CT molecular complexity index is 1010. The van der Waals surface area contributed by atoms with E-state index >= 15 is 0 Å². The van der Waals surface area contributed by atoms with Crippen molar-refractivity contribution in [3.8, 4) is 0 Å².